The number of fused-ring (bicyclic) bond motifs is 1. The molecule has 0 radical (unpaired) electrons. The molecule has 0 spiro atoms. The van der Waals surface area contributed by atoms with E-state index in [9.17, 15) is 9.59 Å². The van der Waals surface area contributed by atoms with Gasteiger partial charge in [-0.3, -0.25) is 9.59 Å². The SMILES string of the molecule is CN1CCc2nc(CC(=O)N[C@@H]3CCCC[C@@H]3C(=O)Nc3ccc(Cl)cc3)sc2C1.Cl. The van der Waals surface area contributed by atoms with Crippen LogP contribution in [0.4, 0.5) is 5.69 Å². The molecule has 0 bridgehead atoms. The number of nitrogens with one attached hydrogen (secondary N) is 2. The smallest absolute Gasteiger partial charge is 0.229 e. The fraction of sp³-hybridized carbons (Fsp3) is 0.500. The van der Waals surface area contributed by atoms with Gasteiger partial charge in [-0.1, -0.05) is 24.4 Å². The summed E-state index contributed by atoms with van der Waals surface area (Å²) in [5.74, 6) is -0.322. The molecule has 9 heteroatoms. The Morgan fingerprint density at radius 2 is 1.97 bits per heavy atom. The number of carbonyl (C=O) groups is 2. The molecule has 0 unspecified atom stereocenters. The summed E-state index contributed by atoms with van der Waals surface area (Å²) in [7, 11) is 2.10. The molecular formula is C22H28Cl2N4O2S. The molecule has 168 valence electrons. The van der Waals surface area contributed by atoms with Crippen molar-refractivity contribution in [2.45, 2.75) is 51.1 Å². The van der Waals surface area contributed by atoms with Gasteiger partial charge in [0.1, 0.15) is 5.01 Å². The Hall–Kier alpha value is -1.67. The van der Waals surface area contributed by atoms with Crippen LogP contribution >= 0.6 is 35.3 Å². The third kappa shape index (κ3) is 6.19. The average Bonchev–Trinajstić information content (AvgIpc) is 3.11. The predicted molar refractivity (Wildman–Crippen MR) is 127 cm³/mol. The van der Waals surface area contributed by atoms with Crippen LogP contribution in [0.3, 0.4) is 0 Å². The molecule has 2 aromatic rings. The summed E-state index contributed by atoms with van der Waals surface area (Å²) in [5, 5.41) is 7.58. The molecule has 2 aliphatic rings. The zero-order valence-electron chi connectivity index (χ0n) is 17.5. The standard InChI is InChI=1S/C22H27ClN4O2S.ClH/c1-27-11-10-18-19(13-27)30-21(26-18)12-20(28)25-17-5-3-2-4-16(17)22(29)24-15-8-6-14(23)7-9-15;/h6-9,16-17H,2-5,10-13H2,1H3,(H,24,29)(H,25,28);1H/t16-,17+;/m0./s1. The molecule has 1 saturated carbocycles. The van der Waals surface area contributed by atoms with Crippen molar-refractivity contribution >= 4 is 52.8 Å². The summed E-state index contributed by atoms with van der Waals surface area (Å²) < 4.78 is 0. The van der Waals surface area contributed by atoms with Gasteiger partial charge in [-0.15, -0.1) is 23.7 Å². The zero-order chi connectivity index (χ0) is 21.1. The maximum atomic E-state index is 12.9. The number of halogens is 2. The molecule has 1 fully saturated rings. The van der Waals surface area contributed by atoms with E-state index < -0.39 is 0 Å². The monoisotopic (exact) mass is 482 g/mol. The molecule has 1 aromatic carbocycles. The van der Waals surface area contributed by atoms with Crippen molar-refractivity contribution in [3.63, 3.8) is 0 Å². The van der Waals surface area contributed by atoms with Crippen LogP contribution in [0.15, 0.2) is 24.3 Å². The molecule has 1 aromatic heterocycles. The van der Waals surface area contributed by atoms with Gasteiger partial charge >= 0.3 is 0 Å². The summed E-state index contributed by atoms with van der Waals surface area (Å²) in [4.78, 5) is 33.8. The molecule has 1 aliphatic carbocycles. The van der Waals surface area contributed by atoms with Gasteiger partial charge in [-0.25, -0.2) is 4.98 Å². The molecule has 6 nitrogen and oxygen atoms in total. The number of anilines is 1. The lowest BCUT2D eigenvalue weighted by atomic mass is 9.83. The largest absolute Gasteiger partial charge is 0.352 e. The second kappa shape index (κ2) is 10.8. The number of thiazole rings is 1. The first-order chi connectivity index (χ1) is 14.5. The van der Waals surface area contributed by atoms with Crippen molar-refractivity contribution < 1.29 is 9.59 Å². The third-order valence-corrected chi connectivity index (χ3v) is 7.17. The highest BCUT2D eigenvalue weighted by Crippen LogP contribution is 2.27. The summed E-state index contributed by atoms with van der Waals surface area (Å²) in [6.45, 7) is 1.92. The summed E-state index contributed by atoms with van der Waals surface area (Å²) in [6, 6.07) is 6.95. The van der Waals surface area contributed by atoms with Gasteiger partial charge in [0.05, 0.1) is 18.0 Å². The van der Waals surface area contributed by atoms with E-state index in [0.29, 0.717) is 5.02 Å². The van der Waals surface area contributed by atoms with Crippen molar-refractivity contribution in [3.8, 4) is 0 Å². The van der Waals surface area contributed by atoms with Gasteiger partial charge in [0.25, 0.3) is 0 Å². The second-order valence-electron chi connectivity index (χ2n) is 8.20. The first-order valence-corrected chi connectivity index (χ1v) is 11.7. The van der Waals surface area contributed by atoms with Crippen LogP contribution in [0.5, 0.6) is 0 Å². The van der Waals surface area contributed by atoms with Crippen molar-refractivity contribution in [1.29, 1.82) is 0 Å². The Labute approximate surface area is 198 Å². The summed E-state index contributed by atoms with van der Waals surface area (Å²) in [6.07, 6.45) is 4.85. The minimum absolute atomic E-state index is 0. The van der Waals surface area contributed by atoms with Crippen molar-refractivity contribution in [1.82, 2.24) is 15.2 Å². The fourth-order valence-electron chi connectivity index (χ4n) is 4.23. The van der Waals surface area contributed by atoms with Crippen LogP contribution in [0.2, 0.25) is 5.02 Å². The first-order valence-electron chi connectivity index (χ1n) is 10.5. The molecule has 0 saturated heterocycles. The first kappa shape index (κ1) is 24.0. The molecule has 2 N–H and O–H groups in total. The fourth-order valence-corrected chi connectivity index (χ4v) is 5.55. The van der Waals surface area contributed by atoms with E-state index in [0.717, 1.165) is 61.6 Å². The van der Waals surface area contributed by atoms with Gasteiger partial charge < -0.3 is 15.5 Å². The van der Waals surface area contributed by atoms with Crippen LogP contribution in [0.25, 0.3) is 0 Å². The number of aromatic nitrogens is 1. The normalized spacial score (nSPS) is 21.0. The van der Waals surface area contributed by atoms with Crippen LogP contribution in [-0.4, -0.2) is 41.3 Å². The molecule has 2 heterocycles. The van der Waals surface area contributed by atoms with Gasteiger partial charge in [-0.2, -0.15) is 0 Å². The van der Waals surface area contributed by atoms with Crippen molar-refractivity contribution in [2.24, 2.45) is 5.92 Å². The summed E-state index contributed by atoms with van der Waals surface area (Å²) >= 11 is 7.55. The zero-order valence-corrected chi connectivity index (χ0v) is 19.9. The number of carbonyl (C=O) groups excluding carboxylic acids is 2. The highest BCUT2D eigenvalue weighted by molar-refractivity contribution is 7.11. The Kier molecular flexibility index (Phi) is 8.33. The minimum atomic E-state index is -0.225. The van der Waals surface area contributed by atoms with Gasteiger partial charge in [-0.05, 0) is 44.2 Å². The molecule has 2 amide bonds. The van der Waals surface area contributed by atoms with Gasteiger partial charge in [0.15, 0.2) is 0 Å². The number of hydrogen-bond donors (Lipinski definition) is 2. The minimum Gasteiger partial charge on any atom is -0.352 e. The maximum absolute atomic E-state index is 12.9. The van der Waals surface area contributed by atoms with E-state index >= 15 is 0 Å². The van der Waals surface area contributed by atoms with Crippen molar-refractivity contribution in [3.05, 3.63) is 44.9 Å². The van der Waals surface area contributed by atoms with Crippen LogP contribution in [-0.2, 0) is 29.0 Å². The summed E-state index contributed by atoms with van der Waals surface area (Å²) in [5.41, 5.74) is 1.86. The molecule has 2 atom stereocenters. The maximum Gasteiger partial charge on any atom is 0.229 e. The van der Waals surface area contributed by atoms with E-state index in [4.69, 9.17) is 11.6 Å². The number of hydrogen-bond acceptors (Lipinski definition) is 5. The quantitative estimate of drug-likeness (QED) is 0.673. The molecular weight excluding hydrogens is 455 g/mol. The Morgan fingerprint density at radius 1 is 1.23 bits per heavy atom. The Balaban J connectivity index is 0.00000272. The lowest BCUT2D eigenvalue weighted by Gasteiger charge is -2.31. The molecule has 4 rings (SSSR count). The topological polar surface area (TPSA) is 74.3 Å². The Morgan fingerprint density at radius 3 is 2.74 bits per heavy atom. The number of likely N-dealkylation sites (N-methyl/N-ethyl adjacent to an activating group) is 1. The highest BCUT2D eigenvalue weighted by Gasteiger charge is 2.32. The number of amides is 2. The molecule has 31 heavy (non-hydrogen) atoms. The van der Waals surface area contributed by atoms with E-state index in [-0.39, 0.29) is 42.6 Å². The number of benzene rings is 1. The Bertz CT molecular complexity index is 919. The van der Waals surface area contributed by atoms with Gasteiger partial charge in [0, 0.05) is 41.1 Å². The third-order valence-electron chi connectivity index (χ3n) is 5.84. The second-order valence-corrected chi connectivity index (χ2v) is 9.81. The number of rotatable bonds is 5. The van der Waals surface area contributed by atoms with Crippen molar-refractivity contribution in [2.75, 3.05) is 18.9 Å². The van der Waals surface area contributed by atoms with E-state index in [1.54, 1.807) is 35.6 Å². The lowest BCUT2D eigenvalue weighted by Crippen LogP contribution is -2.47. The van der Waals surface area contributed by atoms with Crippen LogP contribution in [0, 0.1) is 5.92 Å². The average molecular weight is 483 g/mol. The van der Waals surface area contributed by atoms with Crippen LogP contribution in [0.1, 0.15) is 41.3 Å². The van der Waals surface area contributed by atoms with E-state index in [2.05, 4.69) is 27.6 Å². The highest BCUT2D eigenvalue weighted by atomic mass is 35.5. The van der Waals surface area contributed by atoms with Gasteiger partial charge in [0.2, 0.25) is 11.8 Å². The predicted octanol–water partition coefficient (Wildman–Crippen LogP) is 4.06. The molecule has 1 aliphatic heterocycles. The lowest BCUT2D eigenvalue weighted by molar-refractivity contribution is -0.124. The number of nitrogens with zero attached hydrogens (tertiary/aromatic N) is 2. The van der Waals surface area contributed by atoms with Crippen LogP contribution < -0.4 is 10.6 Å². The van der Waals surface area contributed by atoms with E-state index in [1.807, 2.05) is 0 Å². The van der Waals surface area contributed by atoms with E-state index in [1.165, 1.54) is 4.88 Å².